The number of aliphatic hydroxyl groups excluding tert-OH is 1. The van der Waals surface area contributed by atoms with Gasteiger partial charge in [-0.25, -0.2) is 13.1 Å². The number of hydrogen-bond acceptors (Lipinski definition) is 4. The van der Waals surface area contributed by atoms with Crippen LogP contribution in [0.4, 0.5) is 0 Å². The van der Waals surface area contributed by atoms with Crippen LogP contribution in [0.15, 0.2) is 29.2 Å². The van der Waals surface area contributed by atoms with Crippen LogP contribution < -0.4 is 10.5 Å². The van der Waals surface area contributed by atoms with Crippen LogP contribution in [0.3, 0.4) is 0 Å². The van der Waals surface area contributed by atoms with Crippen molar-refractivity contribution in [1.82, 2.24) is 4.72 Å². The number of primary amides is 1. The van der Waals surface area contributed by atoms with Crippen LogP contribution in [0, 0.1) is 0 Å². The third kappa shape index (κ3) is 3.80. The Hall–Kier alpha value is -1.44. The first-order valence-corrected chi connectivity index (χ1v) is 6.92. The third-order valence-electron chi connectivity index (χ3n) is 2.43. The van der Waals surface area contributed by atoms with E-state index in [0.717, 1.165) is 0 Å². The van der Waals surface area contributed by atoms with Gasteiger partial charge in [0.25, 0.3) is 0 Å². The number of hydrogen-bond donors (Lipinski definition) is 3. The zero-order valence-corrected chi connectivity index (χ0v) is 10.8. The molecule has 0 aliphatic carbocycles. The number of rotatable bonds is 6. The lowest BCUT2D eigenvalue weighted by Gasteiger charge is -2.10. The molecule has 0 aromatic heterocycles. The van der Waals surface area contributed by atoms with Gasteiger partial charge in [-0.1, -0.05) is 6.92 Å². The highest BCUT2D eigenvalue weighted by molar-refractivity contribution is 7.89. The minimum atomic E-state index is -3.67. The second-order valence-electron chi connectivity index (χ2n) is 3.80. The van der Waals surface area contributed by atoms with Crippen molar-refractivity contribution in [2.75, 3.05) is 6.54 Å². The average molecular weight is 272 g/mol. The lowest BCUT2D eigenvalue weighted by atomic mass is 10.2. The van der Waals surface area contributed by atoms with Gasteiger partial charge in [-0.2, -0.15) is 0 Å². The first kappa shape index (κ1) is 14.6. The van der Waals surface area contributed by atoms with E-state index in [1.54, 1.807) is 6.92 Å². The summed E-state index contributed by atoms with van der Waals surface area (Å²) in [4.78, 5) is 10.9. The van der Waals surface area contributed by atoms with E-state index in [1.807, 2.05) is 0 Å². The summed E-state index contributed by atoms with van der Waals surface area (Å²) in [5, 5.41) is 9.30. The highest BCUT2D eigenvalue weighted by atomic mass is 32.2. The molecule has 0 heterocycles. The molecule has 1 aromatic carbocycles. The van der Waals surface area contributed by atoms with Crippen molar-refractivity contribution >= 4 is 15.9 Å². The number of carbonyl (C=O) groups excluding carboxylic acids is 1. The van der Waals surface area contributed by atoms with Gasteiger partial charge in [0.05, 0.1) is 11.0 Å². The molecule has 18 heavy (non-hydrogen) atoms. The van der Waals surface area contributed by atoms with Crippen LogP contribution in [0.2, 0.25) is 0 Å². The van der Waals surface area contributed by atoms with Crippen molar-refractivity contribution in [1.29, 1.82) is 0 Å². The van der Waals surface area contributed by atoms with Gasteiger partial charge in [-0.3, -0.25) is 4.79 Å². The topological polar surface area (TPSA) is 109 Å². The van der Waals surface area contributed by atoms with E-state index in [4.69, 9.17) is 5.73 Å². The van der Waals surface area contributed by atoms with Crippen LogP contribution in [0.5, 0.6) is 0 Å². The van der Waals surface area contributed by atoms with E-state index in [-0.39, 0.29) is 17.0 Å². The van der Waals surface area contributed by atoms with E-state index >= 15 is 0 Å². The SMILES string of the molecule is CCC(O)CNS(=O)(=O)c1ccc(C(N)=O)cc1. The second kappa shape index (κ2) is 5.94. The standard InChI is InChI=1S/C11H16N2O4S/c1-2-9(14)7-13-18(16,17)10-5-3-8(4-6-10)11(12)15/h3-6,9,13-14H,2,7H2,1H3,(H2,12,15). The van der Waals surface area contributed by atoms with Gasteiger partial charge in [0.2, 0.25) is 15.9 Å². The van der Waals surface area contributed by atoms with E-state index in [9.17, 15) is 18.3 Å². The molecule has 1 amide bonds. The average Bonchev–Trinajstić information content (AvgIpc) is 2.36. The van der Waals surface area contributed by atoms with E-state index < -0.39 is 22.0 Å². The highest BCUT2D eigenvalue weighted by Crippen LogP contribution is 2.10. The molecule has 0 saturated carbocycles. The zero-order chi connectivity index (χ0) is 13.8. The molecule has 0 bridgehead atoms. The smallest absolute Gasteiger partial charge is 0.248 e. The molecular weight excluding hydrogens is 256 g/mol. The first-order valence-electron chi connectivity index (χ1n) is 5.44. The highest BCUT2D eigenvalue weighted by Gasteiger charge is 2.15. The fraction of sp³-hybridized carbons (Fsp3) is 0.364. The Morgan fingerprint density at radius 3 is 2.39 bits per heavy atom. The molecule has 4 N–H and O–H groups in total. The van der Waals surface area contributed by atoms with Crippen LogP contribution in [0.1, 0.15) is 23.7 Å². The predicted molar refractivity (Wildman–Crippen MR) is 66.4 cm³/mol. The molecule has 7 heteroatoms. The molecule has 1 unspecified atom stereocenters. The molecule has 100 valence electrons. The van der Waals surface area contributed by atoms with Crippen molar-refractivity contribution in [2.24, 2.45) is 5.73 Å². The molecule has 6 nitrogen and oxygen atoms in total. The Bertz CT molecular complexity index is 510. The Morgan fingerprint density at radius 1 is 1.39 bits per heavy atom. The second-order valence-corrected chi connectivity index (χ2v) is 5.57. The maximum atomic E-state index is 11.8. The largest absolute Gasteiger partial charge is 0.392 e. The zero-order valence-electron chi connectivity index (χ0n) is 9.96. The summed E-state index contributed by atoms with van der Waals surface area (Å²) in [7, 11) is -3.67. The van der Waals surface area contributed by atoms with Crippen LogP contribution in [-0.4, -0.2) is 32.1 Å². The Labute approximate surface area is 106 Å². The van der Waals surface area contributed by atoms with Gasteiger partial charge in [-0.05, 0) is 30.7 Å². The Morgan fingerprint density at radius 2 is 1.94 bits per heavy atom. The van der Waals surface area contributed by atoms with Crippen molar-refractivity contribution in [2.45, 2.75) is 24.3 Å². The summed E-state index contributed by atoms with van der Waals surface area (Å²) in [5.74, 6) is -0.617. The van der Waals surface area contributed by atoms with E-state index in [0.29, 0.717) is 6.42 Å². The quantitative estimate of drug-likeness (QED) is 0.668. The summed E-state index contributed by atoms with van der Waals surface area (Å²) < 4.78 is 25.9. The van der Waals surface area contributed by atoms with Crippen molar-refractivity contribution in [3.63, 3.8) is 0 Å². The fourth-order valence-corrected chi connectivity index (χ4v) is 2.30. The van der Waals surface area contributed by atoms with Gasteiger partial charge >= 0.3 is 0 Å². The maximum absolute atomic E-state index is 11.8. The number of carbonyl (C=O) groups is 1. The molecule has 1 atom stereocenters. The summed E-state index contributed by atoms with van der Waals surface area (Å²) in [6.45, 7) is 1.71. The molecular formula is C11H16N2O4S. The molecule has 0 fully saturated rings. The number of amides is 1. The van der Waals surface area contributed by atoms with Crippen molar-refractivity contribution < 1.29 is 18.3 Å². The van der Waals surface area contributed by atoms with Crippen LogP contribution >= 0.6 is 0 Å². The first-order chi connectivity index (χ1) is 8.36. The molecule has 1 aromatic rings. The normalized spacial score (nSPS) is 13.2. The molecule has 0 aliphatic heterocycles. The van der Waals surface area contributed by atoms with E-state index in [1.165, 1.54) is 24.3 Å². The minimum Gasteiger partial charge on any atom is -0.392 e. The monoisotopic (exact) mass is 272 g/mol. The summed E-state index contributed by atoms with van der Waals surface area (Å²) in [6, 6.07) is 5.27. The fourth-order valence-electron chi connectivity index (χ4n) is 1.23. The summed E-state index contributed by atoms with van der Waals surface area (Å²) >= 11 is 0. The maximum Gasteiger partial charge on any atom is 0.248 e. The van der Waals surface area contributed by atoms with Crippen molar-refractivity contribution in [3.05, 3.63) is 29.8 Å². The summed E-state index contributed by atoms with van der Waals surface area (Å²) in [5.41, 5.74) is 5.29. The molecule has 1 rings (SSSR count). The minimum absolute atomic E-state index is 0.0239. The number of nitrogens with one attached hydrogen (secondary N) is 1. The van der Waals surface area contributed by atoms with Crippen molar-refractivity contribution in [3.8, 4) is 0 Å². The molecule has 0 spiro atoms. The third-order valence-corrected chi connectivity index (χ3v) is 3.87. The lowest BCUT2D eigenvalue weighted by molar-refractivity contribution is 0.1000. The summed E-state index contributed by atoms with van der Waals surface area (Å²) in [6.07, 6.45) is -0.256. The molecule has 0 saturated heterocycles. The number of benzene rings is 1. The van der Waals surface area contributed by atoms with Gasteiger partial charge in [0.1, 0.15) is 0 Å². The predicted octanol–water partition coefficient (Wildman–Crippen LogP) is -0.165. The van der Waals surface area contributed by atoms with Gasteiger partial charge in [-0.15, -0.1) is 0 Å². The Balaban J connectivity index is 2.82. The number of sulfonamides is 1. The van der Waals surface area contributed by atoms with Crippen LogP contribution in [-0.2, 0) is 10.0 Å². The Kier molecular flexibility index (Phi) is 4.83. The number of nitrogens with two attached hydrogens (primary N) is 1. The van der Waals surface area contributed by atoms with Crippen LogP contribution in [0.25, 0.3) is 0 Å². The molecule has 0 radical (unpaired) electrons. The van der Waals surface area contributed by atoms with Gasteiger partial charge < -0.3 is 10.8 Å². The lowest BCUT2D eigenvalue weighted by Crippen LogP contribution is -2.31. The number of aliphatic hydroxyl groups is 1. The van der Waals surface area contributed by atoms with Gasteiger partial charge in [0.15, 0.2) is 0 Å². The van der Waals surface area contributed by atoms with Gasteiger partial charge in [0, 0.05) is 12.1 Å². The van der Waals surface area contributed by atoms with E-state index in [2.05, 4.69) is 4.72 Å². The molecule has 0 aliphatic rings.